The molecule has 0 fully saturated rings. The molecule has 0 aliphatic carbocycles. The summed E-state index contributed by atoms with van der Waals surface area (Å²) in [6.07, 6.45) is 3.24. The van der Waals surface area contributed by atoms with Crippen LogP contribution in [0.25, 0.3) is 0 Å². The predicted molar refractivity (Wildman–Crippen MR) is 64.5 cm³/mol. The van der Waals surface area contributed by atoms with Gasteiger partial charge in [-0.3, -0.25) is 0 Å². The largest absolute Gasteiger partial charge is 0.383 e. The lowest BCUT2D eigenvalue weighted by Gasteiger charge is -2.22. The standard InChI is InChI=1S/C9H13BrClN3O/c1-15-5-4-14(3-2-11)9-8(10)6-12-7-13-9/h6-7H,2-5H2,1H3. The first kappa shape index (κ1) is 12.7. The highest BCUT2D eigenvalue weighted by atomic mass is 79.9. The summed E-state index contributed by atoms with van der Waals surface area (Å²) in [5, 5.41) is 0. The average molecular weight is 295 g/mol. The minimum absolute atomic E-state index is 0.556. The Kier molecular flexibility index (Phi) is 5.90. The Labute approximate surface area is 103 Å². The van der Waals surface area contributed by atoms with Crippen molar-refractivity contribution >= 4 is 33.3 Å². The van der Waals surface area contributed by atoms with Crippen molar-refractivity contribution in [2.24, 2.45) is 0 Å². The zero-order valence-corrected chi connectivity index (χ0v) is 10.8. The quantitative estimate of drug-likeness (QED) is 0.752. The molecular weight excluding hydrogens is 281 g/mol. The van der Waals surface area contributed by atoms with E-state index in [0.29, 0.717) is 12.5 Å². The molecule has 1 aromatic heterocycles. The second-order valence-electron chi connectivity index (χ2n) is 2.86. The van der Waals surface area contributed by atoms with Crippen LogP contribution in [-0.2, 0) is 4.74 Å². The van der Waals surface area contributed by atoms with Crippen LogP contribution in [0, 0.1) is 0 Å². The molecule has 0 radical (unpaired) electrons. The van der Waals surface area contributed by atoms with Gasteiger partial charge in [0.2, 0.25) is 0 Å². The first-order chi connectivity index (χ1) is 7.29. The maximum Gasteiger partial charge on any atom is 0.146 e. The van der Waals surface area contributed by atoms with Gasteiger partial charge in [-0.2, -0.15) is 0 Å². The van der Waals surface area contributed by atoms with Crippen LogP contribution in [-0.4, -0.2) is 42.7 Å². The lowest BCUT2D eigenvalue weighted by Crippen LogP contribution is -2.30. The van der Waals surface area contributed by atoms with Gasteiger partial charge < -0.3 is 9.64 Å². The van der Waals surface area contributed by atoms with Gasteiger partial charge in [-0.15, -0.1) is 11.6 Å². The fourth-order valence-corrected chi connectivity index (χ4v) is 1.84. The van der Waals surface area contributed by atoms with Gasteiger partial charge in [-0.25, -0.2) is 9.97 Å². The smallest absolute Gasteiger partial charge is 0.146 e. The van der Waals surface area contributed by atoms with Crippen LogP contribution in [0.1, 0.15) is 0 Å². The Balaban J connectivity index is 2.74. The molecule has 0 saturated carbocycles. The van der Waals surface area contributed by atoms with Crippen molar-refractivity contribution in [3.8, 4) is 0 Å². The van der Waals surface area contributed by atoms with Gasteiger partial charge in [0.1, 0.15) is 12.1 Å². The topological polar surface area (TPSA) is 38.2 Å². The van der Waals surface area contributed by atoms with E-state index in [1.807, 2.05) is 0 Å². The molecular formula is C9H13BrClN3O. The molecule has 84 valence electrons. The lowest BCUT2D eigenvalue weighted by molar-refractivity contribution is 0.205. The van der Waals surface area contributed by atoms with Crippen molar-refractivity contribution in [1.82, 2.24) is 9.97 Å². The third kappa shape index (κ3) is 3.93. The number of halogens is 2. The van der Waals surface area contributed by atoms with Crippen LogP contribution in [0.4, 0.5) is 5.82 Å². The van der Waals surface area contributed by atoms with Crippen molar-refractivity contribution in [3.05, 3.63) is 17.0 Å². The second-order valence-corrected chi connectivity index (χ2v) is 4.10. The van der Waals surface area contributed by atoms with Gasteiger partial charge in [0, 0.05) is 32.3 Å². The lowest BCUT2D eigenvalue weighted by atomic mass is 10.4. The van der Waals surface area contributed by atoms with Crippen LogP contribution in [0.5, 0.6) is 0 Å². The third-order valence-corrected chi connectivity index (χ3v) is 2.60. The predicted octanol–water partition coefficient (Wildman–Crippen LogP) is 1.93. The molecule has 0 unspecified atom stereocenters. The highest BCUT2D eigenvalue weighted by Crippen LogP contribution is 2.21. The number of nitrogens with zero attached hydrogens (tertiary/aromatic N) is 3. The van der Waals surface area contributed by atoms with Crippen LogP contribution in [0.15, 0.2) is 17.0 Å². The Morgan fingerprint density at radius 1 is 1.53 bits per heavy atom. The number of anilines is 1. The van der Waals surface area contributed by atoms with E-state index in [1.54, 1.807) is 13.3 Å². The number of methoxy groups -OCH3 is 1. The maximum absolute atomic E-state index is 5.74. The van der Waals surface area contributed by atoms with Gasteiger partial charge in [-0.05, 0) is 15.9 Å². The summed E-state index contributed by atoms with van der Waals surface area (Å²) in [6.45, 7) is 2.15. The number of alkyl halides is 1. The fourth-order valence-electron chi connectivity index (χ4n) is 1.17. The minimum atomic E-state index is 0.556. The van der Waals surface area contributed by atoms with Gasteiger partial charge >= 0.3 is 0 Å². The van der Waals surface area contributed by atoms with Crippen molar-refractivity contribution in [1.29, 1.82) is 0 Å². The van der Waals surface area contributed by atoms with Crippen molar-refractivity contribution in [2.75, 3.05) is 37.6 Å². The highest BCUT2D eigenvalue weighted by molar-refractivity contribution is 9.10. The first-order valence-corrected chi connectivity index (χ1v) is 5.87. The van der Waals surface area contributed by atoms with E-state index in [4.69, 9.17) is 16.3 Å². The highest BCUT2D eigenvalue weighted by Gasteiger charge is 2.10. The van der Waals surface area contributed by atoms with Gasteiger partial charge in [0.25, 0.3) is 0 Å². The van der Waals surface area contributed by atoms with E-state index in [-0.39, 0.29) is 0 Å². The third-order valence-electron chi connectivity index (χ3n) is 1.87. The molecule has 0 aliphatic rings. The molecule has 1 rings (SSSR count). The molecule has 0 spiro atoms. The molecule has 0 atom stereocenters. The van der Waals surface area contributed by atoms with Gasteiger partial charge in [0.15, 0.2) is 0 Å². The van der Waals surface area contributed by atoms with E-state index < -0.39 is 0 Å². The molecule has 0 aromatic carbocycles. The number of rotatable bonds is 6. The number of hydrogen-bond donors (Lipinski definition) is 0. The number of ether oxygens (including phenoxy) is 1. The van der Waals surface area contributed by atoms with Crippen molar-refractivity contribution in [3.63, 3.8) is 0 Å². The monoisotopic (exact) mass is 293 g/mol. The number of aromatic nitrogens is 2. The summed E-state index contributed by atoms with van der Waals surface area (Å²) in [6, 6.07) is 0. The molecule has 6 heteroatoms. The molecule has 15 heavy (non-hydrogen) atoms. The van der Waals surface area contributed by atoms with E-state index in [1.165, 1.54) is 6.33 Å². The fraction of sp³-hybridized carbons (Fsp3) is 0.556. The molecule has 0 N–H and O–H groups in total. The summed E-state index contributed by atoms with van der Waals surface area (Å²) in [5.41, 5.74) is 0. The molecule has 1 heterocycles. The summed E-state index contributed by atoms with van der Waals surface area (Å²) < 4.78 is 5.90. The van der Waals surface area contributed by atoms with E-state index in [0.717, 1.165) is 23.4 Å². The maximum atomic E-state index is 5.74. The van der Waals surface area contributed by atoms with Gasteiger partial charge in [-0.1, -0.05) is 0 Å². The molecule has 1 aromatic rings. The Bertz CT molecular complexity index is 300. The molecule has 0 saturated heterocycles. The van der Waals surface area contributed by atoms with Crippen LogP contribution >= 0.6 is 27.5 Å². The second kappa shape index (κ2) is 6.98. The summed E-state index contributed by atoms with van der Waals surface area (Å²) >= 11 is 9.14. The minimum Gasteiger partial charge on any atom is -0.383 e. The average Bonchev–Trinajstić information content (AvgIpc) is 2.25. The molecule has 0 amide bonds. The van der Waals surface area contributed by atoms with Crippen LogP contribution in [0.2, 0.25) is 0 Å². The Hall–Kier alpha value is -0.390. The SMILES string of the molecule is COCCN(CCCl)c1ncncc1Br. The van der Waals surface area contributed by atoms with E-state index >= 15 is 0 Å². The summed E-state index contributed by atoms with van der Waals surface area (Å²) in [5.74, 6) is 1.41. The van der Waals surface area contributed by atoms with Crippen LogP contribution < -0.4 is 4.90 Å². The molecule has 0 bridgehead atoms. The zero-order valence-electron chi connectivity index (χ0n) is 8.49. The van der Waals surface area contributed by atoms with E-state index in [2.05, 4.69) is 30.8 Å². The first-order valence-electron chi connectivity index (χ1n) is 4.55. The van der Waals surface area contributed by atoms with Crippen molar-refractivity contribution < 1.29 is 4.74 Å². The normalized spacial score (nSPS) is 10.3. The van der Waals surface area contributed by atoms with Crippen LogP contribution in [0.3, 0.4) is 0 Å². The summed E-state index contributed by atoms with van der Waals surface area (Å²) in [7, 11) is 1.67. The summed E-state index contributed by atoms with van der Waals surface area (Å²) in [4.78, 5) is 10.2. The molecule has 4 nitrogen and oxygen atoms in total. The zero-order chi connectivity index (χ0) is 11.1. The van der Waals surface area contributed by atoms with Crippen molar-refractivity contribution in [2.45, 2.75) is 0 Å². The molecule has 0 aliphatic heterocycles. The number of hydrogen-bond acceptors (Lipinski definition) is 4. The Morgan fingerprint density at radius 2 is 2.33 bits per heavy atom. The van der Waals surface area contributed by atoms with E-state index in [9.17, 15) is 0 Å². The van der Waals surface area contributed by atoms with Gasteiger partial charge in [0.05, 0.1) is 11.1 Å². The Morgan fingerprint density at radius 3 is 2.93 bits per heavy atom.